The SMILES string of the molecule is CN1C(=O)C(c2ccccc2)CC12CCN(CCC(=O)O)CC2. The highest BCUT2D eigenvalue weighted by Gasteiger charge is 2.50. The Balaban J connectivity index is 1.67. The molecule has 2 fully saturated rings. The first-order valence-electron chi connectivity index (χ1n) is 8.29. The molecule has 1 aromatic rings. The van der Waals surface area contributed by atoms with E-state index in [0.29, 0.717) is 6.54 Å². The smallest absolute Gasteiger partial charge is 0.304 e. The molecule has 2 aliphatic rings. The van der Waals surface area contributed by atoms with E-state index in [4.69, 9.17) is 5.11 Å². The van der Waals surface area contributed by atoms with Crippen LogP contribution >= 0.6 is 0 Å². The molecule has 1 unspecified atom stereocenters. The normalized spacial score (nSPS) is 24.3. The molecule has 0 aromatic heterocycles. The molecule has 2 aliphatic heterocycles. The molecule has 0 radical (unpaired) electrons. The molecule has 23 heavy (non-hydrogen) atoms. The lowest BCUT2D eigenvalue weighted by molar-refractivity contribution is -0.137. The van der Waals surface area contributed by atoms with Crippen LogP contribution in [0, 0.1) is 0 Å². The fourth-order valence-corrected chi connectivity index (χ4v) is 4.00. The fourth-order valence-electron chi connectivity index (χ4n) is 4.00. The van der Waals surface area contributed by atoms with Crippen LogP contribution in [0.15, 0.2) is 30.3 Å². The Morgan fingerprint density at radius 1 is 1.26 bits per heavy atom. The number of aliphatic carboxylic acids is 1. The zero-order valence-corrected chi connectivity index (χ0v) is 13.6. The second kappa shape index (κ2) is 6.32. The number of benzene rings is 1. The van der Waals surface area contributed by atoms with Crippen LogP contribution in [-0.2, 0) is 9.59 Å². The van der Waals surface area contributed by atoms with Crippen LogP contribution in [0.25, 0.3) is 0 Å². The molecule has 0 aliphatic carbocycles. The summed E-state index contributed by atoms with van der Waals surface area (Å²) in [4.78, 5) is 27.6. The van der Waals surface area contributed by atoms with Gasteiger partial charge in [-0.1, -0.05) is 30.3 Å². The first-order valence-corrected chi connectivity index (χ1v) is 8.29. The van der Waals surface area contributed by atoms with E-state index in [9.17, 15) is 9.59 Å². The van der Waals surface area contributed by atoms with Crippen molar-refractivity contribution in [3.05, 3.63) is 35.9 Å². The van der Waals surface area contributed by atoms with E-state index in [2.05, 4.69) is 4.90 Å². The van der Waals surface area contributed by atoms with Gasteiger partial charge in [-0.3, -0.25) is 9.59 Å². The van der Waals surface area contributed by atoms with Crippen molar-refractivity contribution in [3.63, 3.8) is 0 Å². The third kappa shape index (κ3) is 3.11. The molecular formula is C18H24N2O3. The fraction of sp³-hybridized carbons (Fsp3) is 0.556. The first kappa shape index (κ1) is 16.0. The maximum atomic E-state index is 12.7. The van der Waals surface area contributed by atoms with E-state index < -0.39 is 5.97 Å². The summed E-state index contributed by atoms with van der Waals surface area (Å²) in [6.07, 6.45) is 2.92. The van der Waals surface area contributed by atoms with Crippen molar-refractivity contribution >= 4 is 11.9 Å². The number of carbonyl (C=O) groups excluding carboxylic acids is 1. The lowest BCUT2D eigenvalue weighted by Crippen LogP contribution is -2.51. The quantitative estimate of drug-likeness (QED) is 0.922. The molecule has 1 atom stereocenters. The predicted molar refractivity (Wildman–Crippen MR) is 87.2 cm³/mol. The molecule has 1 aromatic carbocycles. The van der Waals surface area contributed by atoms with Crippen LogP contribution in [-0.4, -0.2) is 59.0 Å². The Labute approximate surface area is 136 Å². The molecule has 1 amide bonds. The number of hydrogen-bond donors (Lipinski definition) is 1. The lowest BCUT2D eigenvalue weighted by Gasteiger charge is -2.43. The van der Waals surface area contributed by atoms with Crippen LogP contribution in [0.3, 0.4) is 0 Å². The third-order valence-electron chi connectivity index (χ3n) is 5.55. The van der Waals surface area contributed by atoms with E-state index in [1.165, 1.54) is 0 Å². The van der Waals surface area contributed by atoms with Gasteiger partial charge in [0.2, 0.25) is 5.91 Å². The standard InChI is InChI=1S/C18H24N2O3/c1-19-17(23)15(14-5-3-2-4-6-14)13-18(19)8-11-20(12-9-18)10-7-16(21)22/h2-6,15H,7-13H2,1H3,(H,21,22). The zero-order valence-electron chi connectivity index (χ0n) is 13.6. The molecule has 3 rings (SSSR count). The van der Waals surface area contributed by atoms with Crippen molar-refractivity contribution in [3.8, 4) is 0 Å². The molecule has 5 nitrogen and oxygen atoms in total. The van der Waals surface area contributed by atoms with E-state index in [1.807, 2.05) is 42.3 Å². The molecule has 124 valence electrons. The Bertz CT molecular complexity index is 579. The van der Waals surface area contributed by atoms with E-state index in [1.54, 1.807) is 0 Å². The van der Waals surface area contributed by atoms with Crippen molar-refractivity contribution in [1.82, 2.24) is 9.80 Å². The zero-order chi connectivity index (χ0) is 16.4. The van der Waals surface area contributed by atoms with Crippen LogP contribution in [0.5, 0.6) is 0 Å². The minimum absolute atomic E-state index is 0.0354. The lowest BCUT2D eigenvalue weighted by atomic mass is 9.81. The Hall–Kier alpha value is -1.88. The number of carbonyl (C=O) groups is 2. The summed E-state index contributed by atoms with van der Waals surface area (Å²) in [5.41, 5.74) is 1.05. The van der Waals surface area contributed by atoms with Crippen molar-refractivity contribution in [2.75, 3.05) is 26.7 Å². The highest BCUT2D eigenvalue weighted by Crippen LogP contribution is 2.44. The summed E-state index contributed by atoms with van der Waals surface area (Å²) in [5, 5.41) is 8.81. The van der Waals surface area contributed by atoms with Crippen LogP contribution < -0.4 is 0 Å². The van der Waals surface area contributed by atoms with E-state index in [0.717, 1.165) is 37.9 Å². The van der Waals surface area contributed by atoms with Gasteiger partial charge in [-0.05, 0) is 24.8 Å². The van der Waals surface area contributed by atoms with Crippen LogP contribution in [0.2, 0.25) is 0 Å². The number of hydrogen-bond acceptors (Lipinski definition) is 3. The summed E-state index contributed by atoms with van der Waals surface area (Å²) < 4.78 is 0. The number of likely N-dealkylation sites (tertiary alicyclic amines) is 2. The summed E-state index contributed by atoms with van der Waals surface area (Å²) in [7, 11) is 1.93. The Morgan fingerprint density at radius 2 is 1.91 bits per heavy atom. The van der Waals surface area contributed by atoms with E-state index >= 15 is 0 Å². The van der Waals surface area contributed by atoms with Crippen molar-refractivity contribution in [2.45, 2.75) is 37.1 Å². The second-order valence-electron chi connectivity index (χ2n) is 6.77. The highest BCUT2D eigenvalue weighted by atomic mass is 16.4. The second-order valence-corrected chi connectivity index (χ2v) is 6.77. The molecular weight excluding hydrogens is 292 g/mol. The summed E-state index contributed by atoms with van der Waals surface area (Å²) >= 11 is 0. The molecule has 0 saturated carbocycles. The third-order valence-corrected chi connectivity index (χ3v) is 5.55. The monoisotopic (exact) mass is 316 g/mol. The van der Waals surface area contributed by atoms with Gasteiger partial charge in [-0.2, -0.15) is 0 Å². The number of amides is 1. The van der Waals surface area contributed by atoms with Crippen molar-refractivity contribution in [1.29, 1.82) is 0 Å². The van der Waals surface area contributed by atoms with Gasteiger partial charge in [0.15, 0.2) is 0 Å². The number of carboxylic acids is 1. The molecule has 1 spiro atoms. The van der Waals surface area contributed by atoms with Gasteiger partial charge in [0.05, 0.1) is 12.3 Å². The molecule has 1 N–H and O–H groups in total. The average Bonchev–Trinajstić information content (AvgIpc) is 2.81. The number of rotatable bonds is 4. The van der Waals surface area contributed by atoms with Gasteiger partial charge in [0.1, 0.15) is 0 Å². The van der Waals surface area contributed by atoms with Gasteiger partial charge in [-0.15, -0.1) is 0 Å². The minimum Gasteiger partial charge on any atom is -0.481 e. The molecule has 2 saturated heterocycles. The maximum absolute atomic E-state index is 12.7. The van der Waals surface area contributed by atoms with E-state index in [-0.39, 0.29) is 23.8 Å². The number of nitrogens with zero attached hydrogens (tertiary/aromatic N) is 2. The molecule has 0 bridgehead atoms. The topological polar surface area (TPSA) is 60.9 Å². The van der Waals surface area contributed by atoms with Gasteiger partial charge in [0, 0.05) is 32.2 Å². The van der Waals surface area contributed by atoms with Crippen molar-refractivity contribution < 1.29 is 14.7 Å². The van der Waals surface area contributed by atoms with Gasteiger partial charge >= 0.3 is 5.97 Å². The summed E-state index contributed by atoms with van der Waals surface area (Å²) in [6, 6.07) is 10.0. The Kier molecular flexibility index (Phi) is 4.39. The average molecular weight is 316 g/mol. The van der Waals surface area contributed by atoms with Crippen LogP contribution in [0.4, 0.5) is 0 Å². The largest absolute Gasteiger partial charge is 0.481 e. The van der Waals surface area contributed by atoms with Crippen LogP contribution in [0.1, 0.15) is 37.2 Å². The minimum atomic E-state index is -0.748. The highest BCUT2D eigenvalue weighted by molar-refractivity contribution is 5.87. The first-order chi connectivity index (χ1) is 11.0. The van der Waals surface area contributed by atoms with Crippen molar-refractivity contribution in [2.24, 2.45) is 0 Å². The predicted octanol–water partition coefficient (Wildman–Crippen LogP) is 1.94. The molecule has 5 heteroatoms. The number of carboxylic acid groups (broad SMARTS) is 1. The number of piperidine rings is 1. The summed E-state index contributed by atoms with van der Waals surface area (Å²) in [5.74, 6) is -0.565. The summed E-state index contributed by atoms with van der Waals surface area (Å²) in [6.45, 7) is 2.34. The number of likely N-dealkylation sites (N-methyl/N-ethyl adjacent to an activating group) is 1. The molecule has 2 heterocycles. The van der Waals surface area contributed by atoms with Gasteiger partial charge in [-0.25, -0.2) is 0 Å². The Morgan fingerprint density at radius 3 is 2.52 bits per heavy atom. The van der Waals surface area contributed by atoms with Gasteiger partial charge < -0.3 is 14.9 Å². The maximum Gasteiger partial charge on any atom is 0.304 e. The van der Waals surface area contributed by atoms with Gasteiger partial charge in [0.25, 0.3) is 0 Å².